The molecule has 42 valence electrons. The third-order valence-corrected chi connectivity index (χ3v) is 0.509. The first-order valence-corrected chi connectivity index (χ1v) is 2.21. The third-order valence-electron chi connectivity index (χ3n) is 0.509. The van der Waals surface area contributed by atoms with E-state index in [0.29, 0.717) is 0 Å². The van der Waals surface area contributed by atoms with Gasteiger partial charge in [0.2, 0.25) is 0 Å². The molecule has 0 fully saturated rings. The van der Waals surface area contributed by atoms with Gasteiger partial charge in [-0.2, -0.15) is 0 Å². The van der Waals surface area contributed by atoms with E-state index in [4.69, 9.17) is 5.11 Å². The molecule has 0 aliphatic heterocycles. The van der Waals surface area contributed by atoms with E-state index < -0.39 is 0 Å². The molecule has 7 heavy (non-hydrogen) atoms. The van der Waals surface area contributed by atoms with Crippen molar-refractivity contribution < 1.29 is 5.11 Å². The van der Waals surface area contributed by atoms with Gasteiger partial charge in [0.15, 0.2) is 0 Å². The largest absolute Gasteiger partial charge is 0.392 e. The van der Waals surface area contributed by atoms with Crippen molar-refractivity contribution in [3.05, 3.63) is 12.3 Å². The molecule has 0 amide bonds. The van der Waals surface area contributed by atoms with Gasteiger partial charge in [0.25, 0.3) is 0 Å². The van der Waals surface area contributed by atoms with Crippen molar-refractivity contribution in [2.24, 2.45) is 0 Å². The fraction of sp³-hybridized carbons (Fsp3) is 0.600. The molecule has 0 unspecified atom stereocenters. The molecule has 0 bridgehead atoms. The highest BCUT2D eigenvalue weighted by molar-refractivity contribution is 4.77. The molecule has 0 aromatic heterocycles. The maximum Gasteiger partial charge on any atom is 0.0629 e. The molecule has 0 radical (unpaired) electrons. The number of aliphatic hydroxyl groups is 1. The van der Waals surface area contributed by atoms with Crippen molar-refractivity contribution in [3.8, 4) is 0 Å². The summed E-state index contributed by atoms with van der Waals surface area (Å²) >= 11 is 0. The van der Waals surface area contributed by atoms with Crippen LogP contribution in [0.2, 0.25) is 0 Å². The van der Waals surface area contributed by atoms with E-state index in [9.17, 15) is 0 Å². The summed E-state index contributed by atoms with van der Waals surface area (Å²) in [6.45, 7) is 0.123. The van der Waals surface area contributed by atoms with Crippen LogP contribution in [-0.4, -0.2) is 30.7 Å². The molecule has 0 saturated heterocycles. The van der Waals surface area contributed by atoms with E-state index in [0.717, 1.165) is 0 Å². The third kappa shape index (κ3) is 5.50. The second kappa shape index (κ2) is 3.68. The maximum absolute atomic E-state index is 8.20. The molecule has 0 atom stereocenters. The van der Waals surface area contributed by atoms with Crippen LogP contribution >= 0.6 is 0 Å². The monoisotopic (exact) mass is 101 g/mol. The number of rotatable bonds is 2. The van der Waals surface area contributed by atoms with E-state index >= 15 is 0 Å². The average molecular weight is 101 g/mol. The molecule has 0 aromatic rings. The highest BCUT2D eigenvalue weighted by atomic mass is 16.2. The quantitative estimate of drug-likeness (QED) is 0.531. The average Bonchev–Trinajstić information content (AvgIpc) is 1.61. The van der Waals surface area contributed by atoms with Crippen LogP contribution in [0.15, 0.2) is 12.3 Å². The van der Waals surface area contributed by atoms with Crippen LogP contribution in [-0.2, 0) is 0 Å². The summed E-state index contributed by atoms with van der Waals surface area (Å²) in [5.41, 5.74) is 0. The lowest BCUT2D eigenvalue weighted by Gasteiger charge is -2.00. The molecule has 0 aliphatic carbocycles. The van der Waals surface area contributed by atoms with Gasteiger partial charge in [0.05, 0.1) is 6.61 Å². The van der Waals surface area contributed by atoms with Gasteiger partial charge in [0.1, 0.15) is 0 Å². The van der Waals surface area contributed by atoms with E-state index in [2.05, 4.69) is 0 Å². The van der Waals surface area contributed by atoms with Gasteiger partial charge >= 0.3 is 0 Å². The Labute approximate surface area is 44.1 Å². The molecule has 0 saturated carbocycles. The van der Waals surface area contributed by atoms with Crippen LogP contribution in [0.1, 0.15) is 0 Å². The summed E-state index contributed by atoms with van der Waals surface area (Å²) < 4.78 is 0. The van der Waals surface area contributed by atoms with Crippen LogP contribution in [0.3, 0.4) is 0 Å². The van der Waals surface area contributed by atoms with Crippen LogP contribution in [0.25, 0.3) is 0 Å². The first kappa shape index (κ1) is 6.50. The lowest BCUT2D eigenvalue weighted by Crippen LogP contribution is -2.00. The Morgan fingerprint density at radius 3 is 2.29 bits per heavy atom. The van der Waals surface area contributed by atoms with Crippen LogP contribution in [0.4, 0.5) is 0 Å². The summed E-state index contributed by atoms with van der Waals surface area (Å²) in [4.78, 5) is 1.87. The maximum atomic E-state index is 8.20. The van der Waals surface area contributed by atoms with Crippen molar-refractivity contribution in [2.75, 3.05) is 20.7 Å². The summed E-state index contributed by atoms with van der Waals surface area (Å²) in [7, 11) is 3.82. The zero-order valence-electron chi connectivity index (χ0n) is 4.76. The SMILES string of the molecule is CN(C)/C=C/CO. The second-order valence-corrected chi connectivity index (χ2v) is 1.53. The second-order valence-electron chi connectivity index (χ2n) is 1.53. The molecule has 0 heterocycles. The zero-order chi connectivity index (χ0) is 5.70. The minimum atomic E-state index is 0.123. The highest BCUT2D eigenvalue weighted by Gasteiger charge is 1.70. The molecule has 0 aromatic carbocycles. The zero-order valence-corrected chi connectivity index (χ0v) is 4.76. The molecule has 2 nitrogen and oxygen atoms in total. The Bertz CT molecular complexity index is 59.1. The number of aliphatic hydroxyl groups excluding tert-OH is 1. The molecule has 0 rings (SSSR count). The van der Waals surface area contributed by atoms with Gasteiger partial charge in [-0.3, -0.25) is 0 Å². The Morgan fingerprint density at radius 1 is 1.57 bits per heavy atom. The molecule has 2 heteroatoms. The van der Waals surface area contributed by atoms with Gasteiger partial charge in [-0.1, -0.05) is 0 Å². The molecule has 0 aliphatic rings. The van der Waals surface area contributed by atoms with E-state index in [1.165, 1.54) is 0 Å². The van der Waals surface area contributed by atoms with Crippen molar-refractivity contribution >= 4 is 0 Å². The Hall–Kier alpha value is -0.500. The molecular weight excluding hydrogens is 90.1 g/mol. The van der Waals surface area contributed by atoms with Crippen LogP contribution in [0, 0.1) is 0 Å². The Balaban J connectivity index is 3.08. The van der Waals surface area contributed by atoms with Gasteiger partial charge in [0, 0.05) is 14.1 Å². The normalized spacial score (nSPS) is 10.1. The van der Waals surface area contributed by atoms with Gasteiger partial charge in [-0.05, 0) is 12.3 Å². The summed E-state index contributed by atoms with van der Waals surface area (Å²) in [6, 6.07) is 0. The molecule has 1 N–H and O–H groups in total. The first-order chi connectivity index (χ1) is 3.27. The minimum absolute atomic E-state index is 0.123. The first-order valence-electron chi connectivity index (χ1n) is 2.21. The van der Waals surface area contributed by atoms with Crippen molar-refractivity contribution in [3.63, 3.8) is 0 Å². The molecular formula is C5H11NO. The Kier molecular flexibility index (Phi) is 3.42. The van der Waals surface area contributed by atoms with Crippen LogP contribution < -0.4 is 0 Å². The van der Waals surface area contributed by atoms with Gasteiger partial charge in [-0.25, -0.2) is 0 Å². The molecule has 0 spiro atoms. The van der Waals surface area contributed by atoms with Crippen molar-refractivity contribution in [1.82, 2.24) is 4.90 Å². The predicted molar refractivity (Wildman–Crippen MR) is 29.9 cm³/mol. The Morgan fingerprint density at radius 2 is 2.14 bits per heavy atom. The highest BCUT2D eigenvalue weighted by Crippen LogP contribution is 1.73. The standard InChI is InChI=1S/C5H11NO/c1-6(2)4-3-5-7/h3-4,7H,5H2,1-2H3/b4-3+. The van der Waals surface area contributed by atoms with Crippen molar-refractivity contribution in [2.45, 2.75) is 0 Å². The summed E-state index contributed by atoms with van der Waals surface area (Å²) in [5.74, 6) is 0. The van der Waals surface area contributed by atoms with E-state index in [1.54, 1.807) is 12.3 Å². The lowest BCUT2D eigenvalue weighted by atomic mass is 10.6. The summed E-state index contributed by atoms with van der Waals surface area (Å²) in [5, 5.41) is 8.20. The van der Waals surface area contributed by atoms with Crippen LogP contribution in [0.5, 0.6) is 0 Å². The van der Waals surface area contributed by atoms with Gasteiger partial charge < -0.3 is 10.0 Å². The number of hydrogen-bond acceptors (Lipinski definition) is 2. The smallest absolute Gasteiger partial charge is 0.0629 e. The lowest BCUT2D eigenvalue weighted by molar-refractivity contribution is 0.340. The summed E-state index contributed by atoms with van der Waals surface area (Å²) in [6.07, 6.45) is 3.49. The minimum Gasteiger partial charge on any atom is -0.392 e. The number of hydrogen-bond donors (Lipinski definition) is 1. The topological polar surface area (TPSA) is 23.5 Å². The van der Waals surface area contributed by atoms with E-state index in [-0.39, 0.29) is 6.61 Å². The fourth-order valence-corrected chi connectivity index (χ4v) is 0.258. The van der Waals surface area contributed by atoms with E-state index in [1.807, 2.05) is 19.0 Å². The number of nitrogens with zero attached hydrogens (tertiary/aromatic N) is 1. The van der Waals surface area contributed by atoms with Gasteiger partial charge in [-0.15, -0.1) is 0 Å². The van der Waals surface area contributed by atoms with Crippen molar-refractivity contribution in [1.29, 1.82) is 0 Å². The fourth-order valence-electron chi connectivity index (χ4n) is 0.258. The predicted octanol–water partition coefficient (Wildman–Crippen LogP) is 0.0540.